The lowest BCUT2D eigenvalue weighted by molar-refractivity contribution is 0.768. The maximum Gasteiger partial charge on any atom is 0.0734 e. The highest BCUT2D eigenvalue weighted by Gasteiger charge is 2.49. The second kappa shape index (κ2) is 25.0. The van der Waals surface area contributed by atoms with Crippen molar-refractivity contribution in [2.45, 2.75) is 5.41 Å². The zero-order valence-corrected chi connectivity index (χ0v) is 59.7. The van der Waals surface area contributed by atoms with E-state index < -0.39 is 5.41 Å². The van der Waals surface area contributed by atoms with E-state index in [1.807, 2.05) is 0 Å². The van der Waals surface area contributed by atoms with Crippen LogP contribution in [0.5, 0.6) is 0 Å². The minimum absolute atomic E-state index is 0.757. The average molecular weight is 1380 g/mol. The Balaban J connectivity index is 0.666. The first kappa shape index (κ1) is 62.2. The standard InChI is InChI=1S/C107H68N2/c1-3-26-82(27-4-1)107(83-28-5-2-6-29-83)103-68-76(49-58-101(103)102-37-18-38-104(106(102)107)109(87-55-60-94-79(66-87)45-41-70-20-8-12-31-90(70)94)88-56-61-95-80(67-88)46-42-71-21-9-13-32-91(71)95)75-24-15-25-77(63-75)92-34-17-36-99-96-62-54-86(65-81(96)50-57-100(92)99)108(85-53-59-93-78(64-85)44-40-69-19-7-11-30-89(69)93)84-51-47-73(48-52-84)98-35-16-23-74-43-39-72-22-10-14-33-97(72)105(74)98/h1-68H. The molecular weight excluding hydrogens is 1310 g/mol. The first-order valence-electron chi connectivity index (χ1n) is 37.8. The molecule has 0 amide bonds. The van der Waals surface area contributed by atoms with E-state index >= 15 is 0 Å². The Morgan fingerprint density at radius 1 is 0.174 bits per heavy atom. The largest absolute Gasteiger partial charge is 0.310 e. The van der Waals surface area contributed by atoms with Crippen LogP contribution in [0.15, 0.2) is 413 Å². The third-order valence-corrected chi connectivity index (χ3v) is 23.6. The van der Waals surface area contributed by atoms with E-state index in [2.05, 4.69) is 422 Å². The fraction of sp³-hybridized carbons (Fsp3) is 0.00935. The van der Waals surface area contributed by atoms with E-state index in [1.54, 1.807) is 0 Å². The normalized spacial score (nSPS) is 12.5. The molecule has 0 aliphatic heterocycles. The van der Waals surface area contributed by atoms with Crippen molar-refractivity contribution in [3.63, 3.8) is 0 Å². The van der Waals surface area contributed by atoms with E-state index in [1.165, 1.54) is 163 Å². The van der Waals surface area contributed by atoms with Crippen LogP contribution >= 0.6 is 0 Å². The summed E-state index contributed by atoms with van der Waals surface area (Å²) in [5.74, 6) is 0. The van der Waals surface area contributed by atoms with Gasteiger partial charge in [-0.15, -0.1) is 0 Å². The molecule has 0 saturated carbocycles. The molecule has 0 spiro atoms. The summed E-state index contributed by atoms with van der Waals surface area (Å²) in [6, 6.07) is 155. The molecule has 109 heavy (non-hydrogen) atoms. The molecule has 0 radical (unpaired) electrons. The van der Waals surface area contributed by atoms with Crippen LogP contribution in [0.1, 0.15) is 22.3 Å². The van der Waals surface area contributed by atoms with Crippen LogP contribution in [-0.4, -0.2) is 0 Å². The van der Waals surface area contributed by atoms with Gasteiger partial charge in [-0.05, 0) is 248 Å². The molecule has 0 N–H and O–H groups in total. The molecule has 1 aliphatic rings. The van der Waals surface area contributed by atoms with Crippen molar-refractivity contribution in [1.82, 2.24) is 0 Å². The van der Waals surface area contributed by atoms with Gasteiger partial charge in [-0.3, -0.25) is 0 Å². The van der Waals surface area contributed by atoms with E-state index in [0.717, 1.165) is 45.3 Å². The van der Waals surface area contributed by atoms with Crippen molar-refractivity contribution >= 4 is 142 Å². The van der Waals surface area contributed by atoms with Gasteiger partial charge in [0.05, 0.1) is 11.1 Å². The summed E-state index contributed by atoms with van der Waals surface area (Å²) in [4.78, 5) is 4.97. The van der Waals surface area contributed by atoms with Gasteiger partial charge in [0.15, 0.2) is 0 Å². The molecule has 0 heterocycles. The Morgan fingerprint density at radius 2 is 0.550 bits per heavy atom. The Bertz CT molecular complexity index is 7140. The Labute approximate surface area is 632 Å². The van der Waals surface area contributed by atoms with Gasteiger partial charge in [0.25, 0.3) is 0 Å². The zero-order chi connectivity index (χ0) is 71.7. The van der Waals surface area contributed by atoms with Crippen molar-refractivity contribution in [3.8, 4) is 44.5 Å². The van der Waals surface area contributed by atoms with Crippen LogP contribution in [0, 0.1) is 0 Å². The van der Waals surface area contributed by atoms with E-state index in [0.29, 0.717) is 0 Å². The van der Waals surface area contributed by atoms with Crippen LogP contribution in [0.2, 0.25) is 0 Å². The predicted molar refractivity (Wildman–Crippen MR) is 464 cm³/mol. The Kier molecular flexibility index (Phi) is 14.3. The summed E-state index contributed by atoms with van der Waals surface area (Å²) < 4.78 is 0. The topological polar surface area (TPSA) is 6.48 Å². The van der Waals surface area contributed by atoms with Gasteiger partial charge in [-0.1, -0.05) is 334 Å². The molecule has 1 aliphatic carbocycles. The number of hydrogen-bond donors (Lipinski definition) is 0. The van der Waals surface area contributed by atoms with E-state index in [4.69, 9.17) is 0 Å². The van der Waals surface area contributed by atoms with Crippen molar-refractivity contribution in [3.05, 3.63) is 435 Å². The van der Waals surface area contributed by atoms with Crippen molar-refractivity contribution in [1.29, 1.82) is 0 Å². The summed E-state index contributed by atoms with van der Waals surface area (Å²) in [7, 11) is 0. The number of nitrogens with zero attached hydrogens (tertiary/aromatic N) is 2. The van der Waals surface area contributed by atoms with E-state index in [-0.39, 0.29) is 0 Å². The van der Waals surface area contributed by atoms with Crippen LogP contribution in [-0.2, 0) is 5.41 Å². The monoisotopic (exact) mass is 1380 g/mol. The van der Waals surface area contributed by atoms with Gasteiger partial charge in [0.2, 0.25) is 0 Å². The van der Waals surface area contributed by atoms with Crippen LogP contribution in [0.25, 0.3) is 152 Å². The van der Waals surface area contributed by atoms with Crippen LogP contribution in [0.4, 0.5) is 34.1 Å². The fourth-order valence-corrected chi connectivity index (χ4v) is 18.6. The van der Waals surface area contributed by atoms with Crippen molar-refractivity contribution in [2.75, 3.05) is 9.80 Å². The smallest absolute Gasteiger partial charge is 0.0734 e. The minimum Gasteiger partial charge on any atom is -0.310 e. The van der Waals surface area contributed by atoms with Crippen molar-refractivity contribution in [2.24, 2.45) is 0 Å². The molecule has 22 rings (SSSR count). The summed E-state index contributed by atoms with van der Waals surface area (Å²) in [5, 5.41) is 24.6. The minimum atomic E-state index is -0.757. The SMILES string of the molecule is c1ccc(C2(c3ccccc3)c3cc(-c4cccc(-c5cccc6c5ccc5cc(N(c7ccc(-c8cccc9ccc%10ccccc%10c89)cc7)c7ccc8c(ccc9ccccc98)c7)ccc56)c4)ccc3-c3cccc(N(c4ccc5c(ccc6ccccc65)c4)c4ccc5c(ccc6ccccc65)c4)c32)cc1. The third-order valence-electron chi connectivity index (χ3n) is 23.6. The number of benzene rings is 21. The molecule has 506 valence electrons. The summed E-state index contributed by atoms with van der Waals surface area (Å²) in [5.41, 5.74) is 20.3. The molecule has 0 atom stereocenters. The quantitative estimate of drug-likeness (QED) is 0.119. The zero-order valence-electron chi connectivity index (χ0n) is 59.7. The number of anilines is 6. The highest BCUT2D eigenvalue weighted by Crippen LogP contribution is 2.61. The molecule has 21 aromatic rings. The lowest BCUT2D eigenvalue weighted by Gasteiger charge is -2.38. The van der Waals surface area contributed by atoms with Gasteiger partial charge in [-0.2, -0.15) is 0 Å². The maximum atomic E-state index is 2.54. The molecule has 0 fully saturated rings. The first-order valence-corrected chi connectivity index (χ1v) is 37.8. The molecule has 0 saturated heterocycles. The molecule has 0 bridgehead atoms. The predicted octanol–water partition coefficient (Wildman–Crippen LogP) is 29.5. The number of rotatable bonds is 11. The van der Waals surface area contributed by atoms with Gasteiger partial charge in [0.1, 0.15) is 0 Å². The highest BCUT2D eigenvalue weighted by molar-refractivity contribution is 6.17. The van der Waals surface area contributed by atoms with Crippen molar-refractivity contribution < 1.29 is 0 Å². The average Bonchev–Trinajstić information content (AvgIpc) is 1.53. The second-order valence-electron chi connectivity index (χ2n) is 29.4. The number of hydrogen-bond acceptors (Lipinski definition) is 2. The van der Waals surface area contributed by atoms with Crippen LogP contribution < -0.4 is 9.80 Å². The first-order chi connectivity index (χ1) is 54.0. The summed E-state index contributed by atoms with van der Waals surface area (Å²) in [6.07, 6.45) is 0. The van der Waals surface area contributed by atoms with Gasteiger partial charge in [-0.25, -0.2) is 0 Å². The lowest BCUT2D eigenvalue weighted by atomic mass is 9.67. The molecule has 0 aromatic heterocycles. The Morgan fingerprint density at radius 3 is 1.13 bits per heavy atom. The van der Waals surface area contributed by atoms with Crippen LogP contribution in [0.3, 0.4) is 0 Å². The summed E-state index contributed by atoms with van der Waals surface area (Å²) in [6.45, 7) is 0. The maximum absolute atomic E-state index is 2.54. The molecule has 2 nitrogen and oxygen atoms in total. The lowest BCUT2D eigenvalue weighted by Crippen LogP contribution is -2.30. The second-order valence-corrected chi connectivity index (χ2v) is 29.4. The molecule has 0 unspecified atom stereocenters. The molecular formula is C107H68N2. The van der Waals surface area contributed by atoms with Gasteiger partial charge in [0, 0.05) is 34.0 Å². The Hall–Kier alpha value is -14.2. The number of fused-ring (bicyclic) bond motifs is 18. The summed E-state index contributed by atoms with van der Waals surface area (Å²) >= 11 is 0. The molecule has 2 heteroatoms. The van der Waals surface area contributed by atoms with Gasteiger partial charge < -0.3 is 9.80 Å². The van der Waals surface area contributed by atoms with Gasteiger partial charge >= 0.3 is 0 Å². The third kappa shape index (κ3) is 9.96. The molecule has 21 aromatic carbocycles. The highest BCUT2D eigenvalue weighted by atomic mass is 15.2. The van der Waals surface area contributed by atoms with E-state index in [9.17, 15) is 0 Å². The fourth-order valence-electron chi connectivity index (χ4n) is 18.6.